The Bertz CT molecular complexity index is 721. The van der Waals surface area contributed by atoms with Crippen molar-refractivity contribution in [1.82, 2.24) is 25.0 Å². The minimum atomic E-state index is 0.627. The lowest BCUT2D eigenvalue weighted by Gasteiger charge is -2.23. The predicted octanol–water partition coefficient (Wildman–Crippen LogP) is 1.13. The zero-order valence-corrected chi connectivity index (χ0v) is 11.1. The topological polar surface area (TPSA) is 85.2 Å². The van der Waals surface area contributed by atoms with E-state index in [9.17, 15) is 0 Å². The summed E-state index contributed by atoms with van der Waals surface area (Å²) >= 11 is 0. The van der Waals surface area contributed by atoms with E-state index in [1.54, 1.807) is 16.9 Å². The van der Waals surface area contributed by atoms with E-state index >= 15 is 0 Å². The summed E-state index contributed by atoms with van der Waals surface area (Å²) in [6.45, 7) is 3.56. The Morgan fingerprint density at radius 1 is 1.25 bits per heavy atom. The molecule has 0 saturated carbocycles. The van der Waals surface area contributed by atoms with Crippen LogP contribution in [0.4, 0.5) is 11.5 Å². The van der Waals surface area contributed by atoms with E-state index in [1.165, 1.54) is 0 Å². The second-order valence-corrected chi connectivity index (χ2v) is 4.43. The molecule has 1 aromatic carbocycles. The Kier molecular flexibility index (Phi) is 3.16. The third-order valence-electron chi connectivity index (χ3n) is 3.21. The molecular formula is C13H15N7. The molecule has 2 N–H and O–H groups in total. The third-order valence-corrected chi connectivity index (χ3v) is 3.21. The average Bonchev–Trinajstić information content (AvgIpc) is 2.95. The van der Waals surface area contributed by atoms with Crippen molar-refractivity contribution in [2.24, 2.45) is 0 Å². The van der Waals surface area contributed by atoms with Crippen LogP contribution < -0.4 is 10.6 Å². The standard InChI is InChI=1S/C13H15N7/c1-2-19(9-10-5-3-4-6-11(10)14)13-8-15-7-12-16-17-18-20(12)13/h3-8H,2,9,14H2,1H3. The molecule has 20 heavy (non-hydrogen) atoms. The molecule has 0 spiro atoms. The molecule has 0 fully saturated rings. The second-order valence-electron chi connectivity index (χ2n) is 4.43. The number of hydrogen-bond acceptors (Lipinski definition) is 6. The maximum absolute atomic E-state index is 6.00. The van der Waals surface area contributed by atoms with Gasteiger partial charge in [-0.3, -0.25) is 4.98 Å². The number of para-hydroxylation sites is 1. The normalized spacial score (nSPS) is 10.8. The van der Waals surface area contributed by atoms with Crippen molar-refractivity contribution in [1.29, 1.82) is 0 Å². The minimum Gasteiger partial charge on any atom is -0.398 e. The number of nitrogens with two attached hydrogens (primary N) is 1. The minimum absolute atomic E-state index is 0.627. The molecule has 7 nitrogen and oxygen atoms in total. The Morgan fingerprint density at radius 3 is 2.90 bits per heavy atom. The smallest absolute Gasteiger partial charge is 0.199 e. The van der Waals surface area contributed by atoms with Crippen molar-refractivity contribution in [3.05, 3.63) is 42.2 Å². The molecule has 3 rings (SSSR count). The number of nitrogens with zero attached hydrogens (tertiary/aromatic N) is 6. The lowest BCUT2D eigenvalue weighted by molar-refractivity contribution is 0.750. The van der Waals surface area contributed by atoms with Gasteiger partial charge in [0.1, 0.15) is 0 Å². The predicted molar refractivity (Wildman–Crippen MR) is 76.2 cm³/mol. The van der Waals surface area contributed by atoms with Gasteiger partial charge in [0.05, 0.1) is 12.4 Å². The highest BCUT2D eigenvalue weighted by atomic mass is 15.5. The molecule has 102 valence electrons. The van der Waals surface area contributed by atoms with Gasteiger partial charge in [-0.1, -0.05) is 18.2 Å². The number of hydrogen-bond donors (Lipinski definition) is 1. The van der Waals surface area contributed by atoms with E-state index < -0.39 is 0 Å². The fourth-order valence-electron chi connectivity index (χ4n) is 2.12. The van der Waals surface area contributed by atoms with Gasteiger partial charge in [0.15, 0.2) is 11.5 Å². The van der Waals surface area contributed by atoms with Crippen LogP contribution >= 0.6 is 0 Å². The van der Waals surface area contributed by atoms with Crippen LogP contribution in [0.15, 0.2) is 36.7 Å². The Hall–Kier alpha value is -2.70. The van der Waals surface area contributed by atoms with Crippen LogP contribution in [0.1, 0.15) is 12.5 Å². The molecule has 2 heterocycles. The van der Waals surface area contributed by atoms with Gasteiger partial charge in [0.25, 0.3) is 0 Å². The van der Waals surface area contributed by atoms with E-state index in [-0.39, 0.29) is 0 Å². The quantitative estimate of drug-likeness (QED) is 0.715. The first kappa shape index (κ1) is 12.3. The SMILES string of the molecule is CCN(Cc1ccccc1N)c1cncc2nnnn12. The molecule has 0 aliphatic heterocycles. The summed E-state index contributed by atoms with van der Waals surface area (Å²) in [6, 6.07) is 7.83. The lowest BCUT2D eigenvalue weighted by Crippen LogP contribution is -2.25. The zero-order chi connectivity index (χ0) is 13.9. The molecule has 0 aliphatic rings. The molecule has 0 radical (unpaired) electrons. The first-order chi connectivity index (χ1) is 9.79. The van der Waals surface area contributed by atoms with Crippen molar-refractivity contribution in [2.75, 3.05) is 17.2 Å². The maximum Gasteiger partial charge on any atom is 0.199 e. The fourth-order valence-corrected chi connectivity index (χ4v) is 2.12. The number of aromatic nitrogens is 5. The summed E-state index contributed by atoms with van der Waals surface area (Å²) in [5, 5.41) is 11.6. The van der Waals surface area contributed by atoms with Gasteiger partial charge in [-0.2, -0.15) is 4.52 Å². The Morgan fingerprint density at radius 2 is 2.10 bits per heavy atom. The molecule has 0 bridgehead atoms. The van der Waals surface area contributed by atoms with Crippen LogP contribution in [-0.4, -0.2) is 31.6 Å². The first-order valence-electron chi connectivity index (χ1n) is 6.40. The number of benzene rings is 1. The van der Waals surface area contributed by atoms with Crippen molar-refractivity contribution in [3.63, 3.8) is 0 Å². The molecular weight excluding hydrogens is 254 g/mol. The lowest BCUT2D eigenvalue weighted by atomic mass is 10.1. The van der Waals surface area contributed by atoms with Crippen LogP contribution in [0, 0.1) is 0 Å². The average molecular weight is 269 g/mol. The van der Waals surface area contributed by atoms with E-state index in [1.807, 2.05) is 24.3 Å². The zero-order valence-electron chi connectivity index (χ0n) is 11.1. The molecule has 0 aliphatic carbocycles. The van der Waals surface area contributed by atoms with Crippen LogP contribution in [0.3, 0.4) is 0 Å². The number of anilines is 2. The van der Waals surface area contributed by atoms with E-state index in [2.05, 4.69) is 32.3 Å². The summed E-state index contributed by atoms with van der Waals surface area (Å²) in [4.78, 5) is 6.31. The fraction of sp³-hybridized carbons (Fsp3) is 0.231. The van der Waals surface area contributed by atoms with Gasteiger partial charge in [-0.15, -0.1) is 5.10 Å². The molecule has 2 aromatic heterocycles. The van der Waals surface area contributed by atoms with Gasteiger partial charge in [-0.25, -0.2) is 0 Å². The first-order valence-corrected chi connectivity index (χ1v) is 6.40. The number of fused-ring (bicyclic) bond motifs is 1. The van der Waals surface area contributed by atoms with Gasteiger partial charge >= 0.3 is 0 Å². The summed E-state index contributed by atoms with van der Waals surface area (Å²) in [6.07, 6.45) is 3.39. The van der Waals surface area contributed by atoms with Crippen LogP contribution in [-0.2, 0) is 6.54 Å². The van der Waals surface area contributed by atoms with Crippen molar-refractivity contribution >= 4 is 17.2 Å². The van der Waals surface area contributed by atoms with Crippen LogP contribution in [0.5, 0.6) is 0 Å². The number of rotatable bonds is 4. The molecule has 0 unspecified atom stereocenters. The van der Waals surface area contributed by atoms with Crippen molar-refractivity contribution in [2.45, 2.75) is 13.5 Å². The largest absolute Gasteiger partial charge is 0.398 e. The molecule has 0 saturated heterocycles. The molecule has 0 atom stereocenters. The Labute approximate surface area is 116 Å². The molecule has 3 aromatic rings. The van der Waals surface area contributed by atoms with E-state index in [0.29, 0.717) is 12.2 Å². The highest BCUT2D eigenvalue weighted by Crippen LogP contribution is 2.19. The van der Waals surface area contributed by atoms with Gasteiger partial charge in [0, 0.05) is 18.8 Å². The van der Waals surface area contributed by atoms with Crippen LogP contribution in [0.2, 0.25) is 0 Å². The summed E-state index contributed by atoms with van der Waals surface area (Å²) in [7, 11) is 0. The Balaban J connectivity index is 1.98. The van der Waals surface area contributed by atoms with Crippen LogP contribution in [0.25, 0.3) is 5.65 Å². The van der Waals surface area contributed by atoms with Crippen molar-refractivity contribution in [3.8, 4) is 0 Å². The highest BCUT2D eigenvalue weighted by molar-refractivity contribution is 5.51. The maximum atomic E-state index is 6.00. The van der Waals surface area contributed by atoms with E-state index in [0.717, 1.165) is 23.6 Å². The number of tetrazole rings is 1. The van der Waals surface area contributed by atoms with Gasteiger partial charge < -0.3 is 10.6 Å². The monoisotopic (exact) mass is 269 g/mol. The van der Waals surface area contributed by atoms with Gasteiger partial charge in [0.2, 0.25) is 0 Å². The highest BCUT2D eigenvalue weighted by Gasteiger charge is 2.12. The summed E-state index contributed by atoms with van der Waals surface area (Å²) in [5.41, 5.74) is 8.48. The summed E-state index contributed by atoms with van der Waals surface area (Å²) in [5.74, 6) is 0.846. The molecule has 7 heteroatoms. The number of nitrogen functional groups attached to an aromatic ring is 1. The van der Waals surface area contributed by atoms with E-state index in [4.69, 9.17) is 5.73 Å². The third kappa shape index (κ3) is 2.13. The van der Waals surface area contributed by atoms with Crippen molar-refractivity contribution < 1.29 is 0 Å². The molecule has 0 amide bonds. The summed E-state index contributed by atoms with van der Waals surface area (Å²) < 4.78 is 1.68. The second kappa shape index (κ2) is 5.12. The van der Waals surface area contributed by atoms with Gasteiger partial charge in [-0.05, 0) is 29.0 Å².